The van der Waals surface area contributed by atoms with E-state index in [4.69, 9.17) is 56.4 Å². The number of nitriles is 1. The summed E-state index contributed by atoms with van der Waals surface area (Å²) in [5, 5.41) is 10.5. The predicted molar refractivity (Wildman–Crippen MR) is 280 cm³/mol. The summed E-state index contributed by atoms with van der Waals surface area (Å²) in [5.41, 5.74) is 0.783. The highest BCUT2D eigenvalue weighted by Gasteiger charge is 2.42. The molecule has 78 heavy (non-hydrogen) atoms. The van der Waals surface area contributed by atoms with Crippen LogP contribution < -0.4 is 4.90 Å². The summed E-state index contributed by atoms with van der Waals surface area (Å²) < 4.78 is 112. The summed E-state index contributed by atoms with van der Waals surface area (Å²) in [6, 6.07) is 24.3. The van der Waals surface area contributed by atoms with Gasteiger partial charge in [-0.25, -0.2) is 18.7 Å². The summed E-state index contributed by atoms with van der Waals surface area (Å²) in [5.74, 6) is -2.74. The van der Waals surface area contributed by atoms with Crippen molar-refractivity contribution in [1.29, 1.82) is 5.26 Å². The standard InChI is InChI=1S/C29H28Cl2F4N4O2.C26H20Cl2F4N4O/c1-37(15-18-2-5-22(25(32)12-18)29(33,34)35)26-17-39(16-21(26)19-3-6-23(30)24(31)13-19)28(40)20-4-7-27(36-14-20)38-8-10-41-11-9-38;1-35(12-15-2-6-20(23(29)8-15)26(30,31)32)24-14-36(25(37)17-3-5-18(10-33)34-11-17)13-19(24)16-4-7-21(27)22(28)9-16/h2-7,12-14,21,26H,8-11,15-17H2,1H3;2-9,11,19,24H,12-14H2,1H3. The van der Waals surface area contributed by atoms with Crippen LogP contribution in [-0.2, 0) is 30.2 Å². The molecule has 9 rings (SSSR count). The number of halogens is 12. The lowest BCUT2D eigenvalue weighted by molar-refractivity contribution is -0.140. The largest absolute Gasteiger partial charge is 0.419 e. The number of likely N-dealkylation sites (N-methyl/N-ethyl adjacent to an activating group) is 2. The zero-order valence-electron chi connectivity index (χ0n) is 41.6. The third kappa shape index (κ3) is 13.6. The van der Waals surface area contributed by atoms with E-state index < -0.39 is 35.1 Å². The van der Waals surface area contributed by atoms with Crippen molar-refractivity contribution in [1.82, 2.24) is 29.6 Å². The number of anilines is 1. The van der Waals surface area contributed by atoms with Crippen molar-refractivity contribution in [2.45, 2.75) is 49.4 Å². The van der Waals surface area contributed by atoms with Gasteiger partial charge in [-0.05, 0) is 109 Å². The number of hydrogen-bond donors (Lipinski definition) is 0. The minimum Gasteiger partial charge on any atom is -0.378 e. The van der Waals surface area contributed by atoms with E-state index in [2.05, 4.69) is 14.9 Å². The van der Waals surface area contributed by atoms with Crippen molar-refractivity contribution >= 4 is 64.0 Å². The molecule has 2 amide bonds. The van der Waals surface area contributed by atoms with Crippen LogP contribution in [0, 0.1) is 23.0 Å². The zero-order chi connectivity index (χ0) is 56.2. The van der Waals surface area contributed by atoms with Crippen LogP contribution in [0.25, 0.3) is 0 Å². The lowest BCUT2D eigenvalue weighted by Crippen LogP contribution is -2.38. The summed E-state index contributed by atoms with van der Waals surface area (Å²) in [7, 11) is 3.57. The van der Waals surface area contributed by atoms with Crippen LogP contribution in [0.2, 0.25) is 20.1 Å². The number of ether oxygens (including phenoxy) is 1. The monoisotopic (exact) mass is 1160 g/mol. The van der Waals surface area contributed by atoms with Gasteiger partial charge >= 0.3 is 12.4 Å². The Kier molecular flexibility index (Phi) is 18.2. The number of morpholine rings is 1. The second-order valence-corrected chi connectivity index (χ2v) is 20.7. The first-order chi connectivity index (χ1) is 37.0. The van der Waals surface area contributed by atoms with Gasteiger partial charge in [-0.15, -0.1) is 0 Å². The second-order valence-electron chi connectivity index (χ2n) is 19.1. The van der Waals surface area contributed by atoms with E-state index in [0.717, 1.165) is 54.3 Å². The molecule has 0 spiro atoms. The van der Waals surface area contributed by atoms with E-state index in [0.29, 0.717) is 81.7 Å². The quantitative estimate of drug-likeness (QED) is 0.117. The number of carbonyl (C=O) groups is 2. The molecule has 2 aromatic heterocycles. The summed E-state index contributed by atoms with van der Waals surface area (Å²) >= 11 is 24.8. The number of likely N-dealkylation sites (tertiary alicyclic amines) is 2. The molecule has 4 aromatic carbocycles. The molecule has 3 aliphatic heterocycles. The normalized spacial score (nSPS) is 18.8. The second kappa shape index (κ2) is 24.5. The van der Waals surface area contributed by atoms with Gasteiger partial charge in [0.25, 0.3) is 11.8 Å². The van der Waals surface area contributed by atoms with Gasteiger partial charge in [0.2, 0.25) is 0 Å². The van der Waals surface area contributed by atoms with Crippen LogP contribution in [-0.4, -0.2) is 120 Å². The number of hydrogen-bond acceptors (Lipinski definition) is 9. The lowest BCUT2D eigenvalue weighted by Gasteiger charge is -2.29. The van der Waals surface area contributed by atoms with Crippen molar-refractivity contribution in [3.63, 3.8) is 0 Å². The van der Waals surface area contributed by atoms with Crippen LogP contribution in [0.4, 0.5) is 40.9 Å². The first kappa shape index (κ1) is 58.0. The summed E-state index contributed by atoms with van der Waals surface area (Å²) in [6.07, 6.45) is -6.63. The van der Waals surface area contributed by atoms with E-state index in [1.165, 1.54) is 30.5 Å². The highest BCUT2D eigenvalue weighted by Crippen LogP contribution is 2.39. The molecule has 4 unspecified atom stereocenters. The molecule has 410 valence electrons. The van der Waals surface area contributed by atoms with Crippen LogP contribution >= 0.6 is 46.4 Å². The number of alkyl halides is 6. The fraction of sp³-hybridized carbons (Fsp3) is 0.327. The van der Waals surface area contributed by atoms with Crippen molar-refractivity contribution in [2.75, 3.05) is 71.5 Å². The maximum Gasteiger partial charge on any atom is 0.419 e. The average molecular weight is 1160 g/mol. The number of amides is 2. The molecule has 0 aliphatic carbocycles. The third-order valence-corrected chi connectivity index (χ3v) is 15.5. The Morgan fingerprint density at radius 2 is 1.06 bits per heavy atom. The topological polar surface area (TPSA) is 109 Å². The number of carbonyl (C=O) groups excluding carboxylic acids is 2. The predicted octanol–water partition coefficient (Wildman–Crippen LogP) is 12.3. The van der Waals surface area contributed by atoms with Crippen LogP contribution in [0.15, 0.2) is 109 Å². The summed E-state index contributed by atoms with van der Waals surface area (Å²) in [6.45, 7) is 4.38. The smallest absolute Gasteiger partial charge is 0.378 e. The van der Waals surface area contributed by atoms with E-state index in [1.807, 2.05) is 34.1 Å². The molecule has 11 nitrogen and oxygen atoms in total. The number of rotatable bonds is 11. The Morgan fingerprint density at radius 1 is 0.615 bits per heavy atom. The molecule has 0 bridgehead atoms. The molecule has 0 radical (unpaired) electrons. The highest BCUT2D eigenvalue weighted by molar-refractivity contribution is 6.42. The number of benzene rings is 4. The maximum absolute atomic E-state index is 14.3. The molecular weight excluding hydrogens is 1110 g/mol. The zero-order valence-corrected chi connectivity index (χ0v) is 44.6. The Balaban J connectivity index is 0.000000207. The molecule has 4 atom stereocenters. The minimum atomic E-state index is -4.78. The fourth-order valence-electron chi connectivity index (χ4n) is 9.97. The van der Waals surface area contributed by atoms with E-state index in [-0.39, 0.29) is 54.5 Å². The molecule has 0 N–H and O–H groups in total. The Bertz CT molecular complexity index is 3180. The first-order valence-corrected chi connectivity index (χ1v) is 25.7. The van der Waals surface area contributed by atoms with Gasteiger partial charge < -0.3 is 19.4 Å². The van der Waals surface area contributed by atoms with Crippen molar-refractivity contribution in [2.24, 2.45) is 0 Å². The van der Waals surface area contributed by atoms with Crippen LogP contribution in [0.5, 0.6) is 0 Å². The number of nitrogens with zero attached hydrogens (tertiary/aromatic N) is 8. The Labute approximate surface area is 464 Å². The fourth-order valence-corrected chi connectivity index (χ4v) is 10.6. The van der Waals surface area contributed by atoms with Gasteiger partial charge in [0.15, 0.2) is 0 Å². The lowest BCUT2D eigenvalue weighted by atomic mass is 9.93. The first-order valence-electron chi connectivity index (χ1n) is 24.2. The maximum atomic E-state index is 14.3. The third-order valence-electron chi connectivity index (χ3n) is 14.0. The molecule has 3 fully saturated rings. The van der Waals surface area contributed by atoms with Crippen molar-refractivity contribution in [3.05, 3.63) is 191 Å². The molecule has 3 saturated heterocycles. The van der Waals surface area contributed by atoms with Gasteiger partial charge in [-0.1, -0.05) is 70.7 Å². The average Bonchev–Trinajstić information content (AvgIpc) is 4.09. The Morgan fingerprint density at radius 3 is 1.44 bits per heavy atom. The Hall–Kier alpha value is -6.11. The van der Waals surface area contributed by atoms with Gasteiger partial charge in [0, 0.05) is 88.7 Å². The highest BCUT2D eigenvalue weighted by atomic mass is 35.5. The van der Waals surface area contributed by atoms with Gasteiger partial charge in [0.05, 0.1) is 55.6 Å². The molecule has 5 heterocycles. The number of pyridine rings is 2. The SMILES string of the molecule is CN(Cc1ccc(C(F)(F)F)c(F)c1)C1CN(C(=O)c2ccc(C#N)nc2)CC1c1ccc(Cl)c(Cl)c1.CN(Cc1ccc(C(F)(F)F)c(F)c1)C1CN(C(=O)c2ccc(N3CCOCC3)nc2)CC1c1ccc(Cl)c(Cl)c1. The van der Waals surface area contributed by atoms with Crippen molar-refractivity contribution in [3.8, 4) is 6.07 Å². The van der Waals surface area contributed by atoms with Gasteiger partial charge in [-0.2, -0.15) is 31.6 Å². The van der Waals surface area contributed by atoms with E-state index in [9.17, 15) is 44.7 Å². The molecule has 0 saturated carbocycles. The summed E-state index contributed by atoms with van der Waals surface area (Å²) in [4.78, 5) is 44.5. The van der Waals surface area contributed by atoms with Gasteiger partial charge in [0.1, 0.15) is 29.2 Å². The molecule has 23 heteroatoms. The minimum absolute atomic E-state index is 0.151. The molecule has 6 aromatic rings. The van der Waals surface area contributed by atoms with E-state index in [1.54, 1.807) is 60.4 Å². The van der Waals surface area contributed by atoms with Crippen molar-refractivity contribution < 1.29 is 49.4 Å². The van der Waals surface area contributed by atoms with Crippen LogP contribution in [0.1, 0.15) is 71.6 Å². The molecular formula is C55H48Cl4F8N8O3. The molecule has 3 aliphatic rings. The number of aromatic nitrogens is 2. The van der Waals surface area contributed by atoms with Gasteiger partial charge in [-0.3, -0.25) is 19.4 Å². The van der Waals surface area contributed by atoms with Crippen LogP contribution in [0.3, 0.4) is 0 Å². The van der Waals surface area contributed by atoms with E-state index >= 15 is 0 Å².